The summed E-state index contributed by atoms with van der Waals surface area (Å²) in [6, 6.07) is 0.308. The Labute approximate surface area is 103 Å². The molecule has 1 saturated heterocycles. The third-order valence-electron chi connectivity index (χ3n) is 3.89. The number of carbonyl (C=O) groups is 1. The molecule has 4 nitrogen and oxygen atoms in total. The molecule has 1 heterocycles. The van der Waals surface area contributed by atoms with Gasteiger partial charge in [-0.1, -0.05) is 0 Å². The third kappa shape index (κ3) is 2.57. The Kier molecular flexibility index (Phi) is 3.10. The number of nitrogens with zero attached hydrogens (tertiary/aromatic N) is 1. The quantitative estimate of drug-likeness (QED) is 0.804. The zero-order chi connectivity index (χ0) is 12.7. The molecule has 1 aliphatic carbocycles. The number of rotatable bonds is 2. The van der Waals surface area contributed by atoms with E-state index < -0.39 is 5.60 Å². The Morgan fingerprint density at radius 2 is 2.12 bits per heavy atom. The molecular weight excluding hydrogens is 216 g/mol. The molecule has 0 radical (unpaired) electrons. The molecule has 4 heteroatoms. The minimum Gasteiger partial charge on any atom is -0.444 e. The van der Waals surface area contributed by atoms with Crippen LogP contribution >= 0.6 is 0 Å². The monoisotopic (exact) mass is 240 g/mol. The second kappa shape index (κ2) is 4.16. The van der Waals surface area contributed by atoms with Crippen LogP contribution in [0.5, 0.6) is 0 Å². The van der Waals surface area contributed by atoms with Crippen LogP contribution in [0.25, 0.3) is 0 Å². The highest BCUT2D eigenvalue weighted by atomic mass is 16.6. The topological polar surface area (TPSA) is 55.6 Å². The molecule has 0 aromatic heterocycles. The van der Waals surface area contributed by atoms with Crippen molar-refractivity contribution in [1.82, 2.24) is 4.90 Å². The van der Waals surface area contributed by atoms with E-state index in [1.54, 1.807) is 0 Å². The summed E-state index contributed by atoms with van der Waals surface area (Å²) in [5.74, 6) is 0. The lowest BCUT2D eigenvalue weighted by Crippen LogP contribution is -2.45. The van der Waals surface area contributed by atoms with E-state index >= 15 is 0 Å². The van der Waals surface area contributed by atoms with E-state index in [0.717, 1.165) is 32.2 Å². The molecule has 2 rings (SSSR count). The molecule has 0 aromatic rings. The number of hydrogen-bond donors (Lipinski definition) is 1. The molecule has 0 spiro atoms. The molecular formula is C13H24N2O2. The summed E-state index contributed by atoms with van der Waals surface area (Å²) >= 11 is 0. The van der Waals surface area contributed by atoms with Gasteiger partial charge in [0.15, 0.2) is 0 Å². The predicted octanol–water partition coefficient (Wildman–Crippen LogP) is 2.12. The van der Waals surface area contributed by atoms with Crippen LogP contribution in [0.1, 0.15) is 46.5 Å². The second-order valence-electron chi connectivity index (χ2n) is 6.40. The Morgan fingerprint density at radius 1 is 1.47 bits per heavy atom. The lowest BCUT2D eigenvalue weighted by Gasteiger charge is -2.32. The molecule has 2 aliphatic rings. The number of amides is 1. The van der Waals surface area contributed by atoms with Crippen molar-refractivity contribution in [3.63, 3.8) is 0 Å². The Hall–Kier alpha value is -0.770. The number of likely N-dealkylation sites (tertiary alicyclic amines) is 1. The normalized spacial score (nSPS) is 27.1. The Morgan fingerprint density at radius 3 is 2.59 bits per heavy atom. The Bertz CT molecular complexity index is 305. The highest BCUT2D eigenvalue weighted by molar-refractivity contribution is 5.69. The van der Waals surface area contributed by atoms with Crippen LogP contribution in [-0.2, 0) is 4.74 Å². The van der Waals surface area contributed by atoms with Crippen molar-refractivity contribution < 1.29 is 9.53 Å². The van der Waals surface area contributed by atoms with Gasteiger partial charge in [-0.2, -0.15) is 0 Å². The second-order valence-corrected chi connectivity index (χ2v) is 6.40. The summed E-state index contributed by atoms with van der Waals surface area (Å²) in [6.07, 6.45) is 4.31. The van der Waals surface area contributed by atoms with Crippen molar-refractivity contribution in [1.29, 1.82) is 0 Å². The van der Waals surface area contributed by atoms with Gasteiger partial charge < -0.3 is 15.4 Å². The van der Waals surface area contributed by atoms with Crippen LogP contribution in [0.4, 0.5) is 4.79 Å². The molecule has 0 unspecified atom stereocenters. The SMILES string of the molecule is CC(C)(C)OC(=O)N1CCC[C@@H]1C1(CN)CC1. The standard InChI is InChI=1S/C13H24N2O2/c1-12(2,3)17-11(16)15-8-4-5-10(15)13(9-14)6-7-13/h10H,4-9,14H2,1-3H3/t10-/m1/s1. The van der Waals surface area contributed by atoms with Gasteiger partial charge in [0.2, 0.25) is 0 Å². The molecule has 1 aliphatic heterocycles. The van der Waals surface area contributed by atoms with E-state index in [2.05, 4.69) is 0 Å². The van der Waals surface area contributed by atoms with Crippen LogP contribution in [0.15, 0.2) is 0 Å². The molecule has 17 heavy (non-hydrogen) atoms. The molecule has 1 atom stereocenters. The maximum atomic E-state index is 12.1. The van der Waals surface area contributed by atoms with Gasteiger partial charge in [0, 0.05) is 18.0 Å². The first-order chi connectivity index (χ1) is 7.88. The summed E-state index contributed by atoms with van der Waals surface area (Å²) in [5, 5.41) is 0. The minimum absolute atomic E-state index is 0.167. The summed E-state index contributed by atoms with van der Waals surface area (Å²) in [5.41, 5.74) is 5.65. The largest absolute Gasteiger partial charge is 0.444 e. The lowest BCUT2D eigenvalue weighted by atomic mass is 9.94. The number of ether oxygens (including phenoxy) is 1. The van der Waals surface area contributed by atoms with Crippen molar-refractivity contribution in [3.8, 4) is 0 Å². The fourth-order valence-corrected chi connectivity index (χ4v) is 2.78. The average molecular weight is 240 g/mol. The van der Waals surface area contributed by atoms with Crippen molar-refractivity contribution >= 4 is 6.09 Å². The fourth-order valence-electron chi connectivity index (χ4n) is 2.78. The molecule has 2 fully saturated rings. The van der Waals surface area contributed by atoms with Gasteiger partial charge in [-0.25, -0.2) is 4.79 Å². The van der Waals surface area contributed by atoms with Crippen molar-refractivity contribution in [3.05, 3.63) is 0 Å². The molecule has 2 N–H and O–H groups in total. The van der Waals surface area contributed by atoms with Gasteiger partial charge >= 0.3 is 6.09 Å². The van der Waals surface area contributed by atoms with Crippen molar-refractivity contribution in [2.75, 3.05) is 13.1 Å². The van der Waals surface area contributed by atoms with Gasteiger partial charge in [-0.15, -0.1) is 0 Å². The highest BCUT2D eigenvalue weighted by Crippen LogP contribution is 2.52. The van der Waals surface area contributed by atoms with Gasteiger partial charge in [0.1, 0.15) is 5.60 Å². The van der Waals surface area contributed by atoms with E-state index in [4.69, 9.17) is 10.5 Å². The van der Waals surface area contributed by atoms with E-state index in [1.807, 2.05) is 25.7 Å². The molecule has 98 valence electrons. The average Bonchev–Trinajstić information content (AvgIpc) is 2.85. The van der Waals surface area contributed by atoms with Crippen molar-refractivity contribution in [2.45, 2.75) is 58.1 Å². The fraction of sp³-hybridized carbons (Fsp3) is 0.923. The van der Waals surface area contributed by atoms with Crippen LogP contribution < -0.4 is 5.73 Å². The first-order valence-corrected chi connectivity index (χ1v) is 6.58. The van der Waals surface area contributed by atoms with E-state index in [-0.39, 0.29) is 11.5 Å². The van der Waals surface area contributed by atoms with Gasteiger partial charge in [0.25, 0.3) is 0 Å². The van der Waals surface area contributed by atoms with Gasteiger partial charge in [0.05, 0.1) is 0 Å². The third-order valence-corrected chi connectivity index (χ3v) is 3.89. The smallest absolute Gasteiger partial charge is 0.410 e. The zero-order valence-electron chi connectivity index (χ0n) is 11.2. The number of carbonyl (C=O) groups excluding carboxylic acids is 1. The van der Waals surface area contributed by atoms with E-state index in [1.165, 1.54) is 0 Å². The number of nitrogens with two attached hydrogens (primary N) is 1. The lowest BCUT2D eigenvalue weighted by molar-refractivity contribution is 0.0164. The van der Waals surface area contributed by atoms with E-state index in [0.29, 0.717) is 12.6 Å². The predicted molar refractivity (Wildman–Crippen MR) is 66.7 cm³/mol. The van der Waals surface area contributed by atoms with Crippen LogP contribution in [0.2, 0.25) is 0 Å². The molecule has 1 saturated carbocycles. The van der Waals surface area contributed by atoms with Gasteiger partial charge in [-0.3, -0.25) is 0 Å². The summed E-state index contributed by atoms with van der Waals surface area (Å²) < 4.78 is 5.47. The van der Waals surface area contributed by atoms with Crippen LogP contribution in [0.3, 0.4) is 0 Å². The summed E-state index contributed by atoms with van der Waals surface area (Å²) in [7, 11) is 0. The van der Waals surface area contributed by atoms with Crippen LogP contribution in [0, 0.1) is 5.41 Å². The van der Waals surface area contributed by atoms with Gasteiger partial charge in [-0.05, 0) is 53.0 Å². The highest BCUT2D eigenvalue weighted by Gasteiger charge is 2.53. The summed E-state index contributed by atoms with van der Waals surface area (Å²) in [6.45, 7) is 7.24. The zero-order valence-corrected chi connectivity index (χ0v) is 11.2. The van der Waals surface area contributed by atoms with E-state index in [9.17, 15) is 4.79 Å². The first kappa shape index (κ1) is 12.7. The van der Waals surface area contributed by atoms with Crippen LogP contribution in [-0.4, -0.2) is 35.7 Å². The van der Waals surface area contributed by atoms with Crippen molar-refractivity contribution in [2.24, 2.45) is 11.1 Å². The Balaban J connectivity index is 2.02. The maximum Gasteiger partial charge on any atom is 0.410 e. The number of hydrogen-bond acceptors (Lipinski definition) is 3. The molecule has 0 bridgehead atoms. The minimum atomic E-state index is -0.413. The first-order valence-electron chi connectivity index (χ1n) is 6.58. The summed E-state index contributed by atoms with van der Waals surface area (Å²) in [4.78, 5) is 14.0. The maximum absolute atomic E-state index is 12.1. The molecule has 1 amide bonds. The molecule has 0 aromatic carbocycles.